The van der Waals surface area contributed by atoms with Crippen molar-refractivity contribution in [2.75, 3.05) is 11.4 Å². The van der Waals surface area contributed by atoms with Crippen LogP contribution < -0.4 is 4.90 Å². The molecule has 0 N–H and O–H groups in total. The van der Waals surface area contributed by atoms with Crippen molar-refractivity contribution in [1.29, 1.82) is 0 Å². The molecule has 1 aliphatic carbocycles. The van der Waals surface area contributed by atoms with Gasteiger partial charge < -0.3 is 4.90 Å². The van der Waals surface area contributed by atoms with Crippen molar-refractivity contribution in [2.24, 2.45) is 5.92 Å². The first-order valence-corrected chi connectivity index (χ1v) is 11.0. The average Bonchev–Trinajstić information content (AvgIpc) is 3.03. The highest BCUT2D eigenvalue weighted by Crippen LogP contribution is 2.37. The summed E-state index contributed by atoms with van der Waals surface area (Å²) in [6.07, 6.45) is 6.95. The van der Waals surface area contributed by atoms with E-state index in [1.165, 1.54) is 30.6 Å². The van der Waals surface area contributed by atoms with Gasteiger partial charge in [0.1, 0.15) is 0 Å². The molecule has 2 atom stereocenters. The minimum atomic E-state index is -0.354. The molecule has 2 heterocycles. The number of amides is 3. The van der Waals surface area contributed by atoms with Crippen LogP contribution in [0.4, 0.5) is 5.69 Å². The second-order valence-electron chi connectivity index (χ2n) is 8.75. The molecule has 1 saturated heterocycles. The molecule has 0 unspecified atom stereocenters. The smallest absolute Gasteiger partial charge is 0.266 e. The Morgan fingerprint density at radius 1 is 0.900 bits per heavy atom. The molecule has 154 valence electrons. The average molecular weight is 402 g/mol. The minimum Gasteiger partial charge on any atom is -0.335 e. The third-order valence-electron chi connectivity index (χ3n) is 6.99. The Hall–Kier alpha value is -2.95. The topological polar surface area (TPSA) is 57.7 Å². The van der Waals surface area contributed by atoms with Gasteiger partial charge in [0.2, 0.25) is 0 Å². The summed E-state index contributed by atoms with van der Waals surface area (Å²) in [5.74, 6) is -0.0867. The third-order valence-corrected chi connectivity index (χ3v) is 6.99. The van der Waals surface area contributed by atoms with Gasteiger partial charge in [-0.3, -0.25) is 14.4 Å². The van der Waals surface area contributed by atoms with E-state index in [0.29, 0.717) is 34.3 Å². The highest BCUT2D eigenvalue weighted by Gasteiger charge is 2.39. The van der Waals surface area contributed by atoms with Crippen LogP contribution in [0.1, 0.15) is 75.2 Å². The van der Waals surface area contributed by atoms with E-state index in [1.807, 2.05) is 30.0 Å². The maximum Gasteiger partial charge on any atom is 0.266 e. The first kappa shape index (κ1) is 19.0. The standard InChI is InChI=1S/C25H26N2O3/c1-16-7-2-4-10-21(16)27-24(29)19-13-12-18(15-20(19)25(27)30)23(28)26-14-6-9-17-8-3-5-11-22(17)26/h2,4,7,10,12-13,15,17,22H,3,5-6,8-9,11,14H2,1H3/t17-,22+/m0/s1. The lowest BCUT2D eigenvalue weighted by Crippen LogP contribution is -2.49. The van der Waals surface area contributed by atoms with Crippen molar-refractivity contribution >= 4 is 23.4 Å². The SMILES string of the molecule is Cc1ccccc1N1C(=O)c2ccc(C(=O)N3CCC[C@@H]4CCCC[C@H]43)cc2C1=O. The fourth-order valence-electron chi connectivity index (χ4n) is 5.45. The van der Waals surface area contributed by atoms with Gasteiger partial charge in [0.15, 0.2) is 0 Å². The number of fused-ring (bicyclic) bond motifs is 2. The fourth-order valence-corrected chi connectivity index (χ4v) is 5.45. The van der Waals surface area contributed by atoms with Crippen LogP contribution in [0.15, 0.2) is 42.5 Å². The molecule has 2 aromatic rings. The second-order valence-corrected chi connectivity index (χ2v) is 8.75. The van der Waals surface area contributed by atoms with E-state index >= 15 is 0 Å². The van der Waals surface area contributed by atoms with Crippen molar-refractivity contribution in [3.8, 4) is 0 Å². The quantitative estimate of drug-likeness (QED) is 0.691. The predicted molar refractivity (Wildman–Crippen MR) is 115 cm³/mol. The van der Waals surface area contributed by atoms with Gasteiger partial charge >= 0.3 is 0 Å². The van der Waals surface area contributed by atoms with E-state index in [0.717, 1.165) is 24.9 Å². The molecule has 2 fully saturated rings. The molecular weight excluding hydrogens is 376 g/mol. The van der Waals surface area contributed by atoms with Crippen LogP contribution in [0.2, 0.25) is 0 Å². The molecule has 3 aliphatic rings. The van der Waals surface area contributed by atoms with E-state index in [2.05, 4.69) is 0 Å². The van der Waals surface area contributed by atoms with Crippen LogP contribution in [0.25, 0.3) is 0 Å². The maximum atomic E-state index is 13.4. The molecule has 0 radical (unpaired) electrons. The summed E-state index contributed by atoms with van der Waals surface area (Å²) in [4.78, 5) is 42.7. The summed E-state index contributed by atoms with van der Waals surface area (Å²) in [6, 6.07) is 12.6. The van der Waals surface area contributed by atoms with Gasteiger partial charge in [-0.05, 0) is 68.4 Å². The highest BCUT2D eigenvalue weighted by atomic mass is 16.2. The van der Waals surface area contributed by atoms with Gasteiger partial charge in [-0.1, -0.05) is 31.0 Å². The van der Waals surface area contributed by atoms with Gasteiger partial charge in [0.25, 0.3) is 17.7 Å². The monoisotopic (exact) mass is 402 g/mol. The zero-order valence-corrected chi connectivity index (χ0v) is 17.3. The number of aryl methyl sites for hydroxylation is 1. The Morgan fingerprint density at radius 2 is 1.63 bits per heavy atom. The Labute approximate surface area is 176 Å². The summed E-state index contributed by atoms with van der Waals surface area (Å²) >= 11 is 0. The molecule has 5 heteroatoms. The van der Waals surface area contributed by atoms with E-state index in [4.69, 9.17) is 0 Å². The summed E-state index contributed by atoms with van der Waals surface area (Å²) in [5.41, 5.74) is 2.66. The van der Waals surface area contributed by atoms with Crippen LogP contribution in [0, 0.1) is 12.8 Å². The number of para-hydroxylation sites is 1. The highest BCUT2D eigenvalue weighted by molar-refractivity contribution is 6.35. The molecular formula is C25H26N2O3. The van der Waals surface area contributed by atoms with Gasteiger partial charge in [0, 0.05) is 18.2 Å². The van der Waals surface area contributed by atoms with Crippen LogP contribution >= 0.6 is 0 Å². The predicted octanol–water partition coefficient (Wildman–Crippen LogP) is 4.59. The van der Waals surface area contributed by atoms with Gasteiger partial charge in [-0.15, -0.1) is 0 Å². The third kappa shape index (κ3) is 2.95. The molecule has 5 nitrogen and oxygen atoms in total. The molecule has 30 heavy (non-hydrogen) atoms. The number of likely N-dealkylation sites (tertiary alicyclic amines) is 1. The van der Waals surface area contributed by atoms with E-state index in [1.54, 1.807) is 24.3 Å². The lowest BCUT2D eigenvalue weighted by atomic mass is 9.78. The number of hydrogen-bond acceptors (Lipinski definition) is 3. The van der Waals surface area contributed by atoms with Crippen molar-refractivity contribution in [3.63, 3.8) is 0 Å². The van der Waals surface area contributed by atoms with E-state index in [9.17, 15) is 14.4 Å². The summed E-state index contributed by atoms with van der Waals surface area (Å²) in [7, 11) is 0. The minimum absolute atomic E-state index is 0.0102. The molecule has 0 aromatic heterocycles. The Morgan fingerprint density at radius 3 is 2.47 bits per heavy atom. The van der Waals surface area contributed by atoms with Gasteiger partial charge in [0.05, 0.1) is 16.8 Å². The molecule has 0 bridgehead atoms. The molecule has 5 rings (SSSR count). The molecule has 2 aromatic carbocycles. The Balaban J connectivity index is 1.46. The first-order chi connectivity index (χ1) is 14.6. The van der Waals surface area contributed by atoms with Crippen molar-refractivity contribution in [3.05, 3.63) is 64.7 Å². The van der Waals surface area contributed by atoms with Crippen molar-refractivity contribution in [1.82, 2.24) is 4.90 Å². The first-order valence-electron chi connectivity index (χ1n) is 11.0. The van der Waals surface area contributed by atoms with Gasteiger partial charge in [-0.25, -0.2) is 4.90 Å². The Kier molecular flexibility index (Phi) is 4.69. The molecule has 2 aliphatic heterocycles. The Bertz CT molecular complexity index is 1040. The normalized spacial score (nSPS) is 23.4. The number of nitrogens with zero attached hydrogens (tertiary/aromatic N) is 2. The summed E-state index contributed by atoms with van der Waals surface area (Å²) < 4.78 is 0. The van der Waals surface area contributed by atoms with Crippen molar-refractivity contribution < 1.29 is 14.4 Å². The van der Waals surface area contributed by atoms with E-state index < -0.39 is 0 Å². The maximum absolute atomic E-state index is 13.4. The zero-order valence-electron chi connectivity index (χ0n) is 17.3. The second kappa shape index (κ2) is 7.38. The van der Waals surface area contributed by atoms with Crippen LogP contribution in [-0.4, -0.2) is 35.2 Å². The number of benzene rings is 2. The van der Waals surface area contributed by atoms with Crippen LogP contribution in [-0.2, 0) is 0 Å². The number of hydrogen-bond donors (Lipinski definition) is 0. The molecule has 0 spiro atoms. The zero-order chi connectivity index (χ0) is 20.8. The number of imide groups is 1. The van der Waals surface area contributed by atoms with Gasteiger partial charge in [-0.2, -0.15) is 0 Å². The fraction of sp³-hybridized carbons (Fsp3) is 0.400. The summed E-state index contributed by atoms with van der Waals surface area (Å²) in [5, 5.41) is 0. The summed E-state index contributed by atoms with van der Waals surface area (Å²) in [6.45, 7) is 2.66. The number of piperidine rings is 1. The molecule has 3 amide bonds. The lowest BCUT2D eigenvalue weighted by Gasteiger charge is -2.44. The lowest BCUT2D eigenvalue weighted by molar-refractivity contribution is 0.0390. The number of rotatable bonds is 2. The van der Waals surface area contributed by atoms with Crippen molar-refractivity contribution in [2.45, 2.75) is 51.5 Å². The number of carbonyl (C=O) groups excluding carboxylic acids is 3. The molecule has 1 saturated carbocycles. The number of anilines is 1. The van der Waals surface area contributed by atoms with E-state index in [-0.39, 0.29) is 17.7 Å². The number of carbonyl (C=O) groups is 3. The largest absolute Gasteiger partial charge is 0.335 e. The van der Waals surface area contributed by atoms with Crippen LogP contribution in [0.5, 0.6) is 0 Å². The van der Waals surface area contributed by atoms with Crippen LogP contribution in [0.3, 0.4) is 0 Å².